The number of halogens is 3. The molecule has 1 atom stereocenters. The minimum Gasteiger partial charge on any atom is -0.303 e. The Morgan fingerprint density at radius 3 is 2.45 bits per heavy atom. The second kappa shape index (κ2) is 3.01. The quantitative estimate of drug-likeness (QED) is 0.577. The van der Waals surface area contributed by atoms with Crippen LogP contribution in [0.3, 0.4) is 0 Å². The standard InChI is InChI=1S/C7H12F3N/c1-11-4-2-3-6(11)5-7(8,9)10/h6H,2-5H2,1H3. The second-order valence-corrected chi connectivity index (χ2v) is 3.10. The number of hydrogen-bond donors (Lipinski definition) is 0. The molecule has 0 bridgehead atoms. The Bertz CT molecular complexity index is 132. The minimum absolute atomic E-state index is 0.269. The zero-order valence-corrected chi connectivity index (χ0v) is 6.49. The van der Waals surface area contributed by atoms with E-state index < -0.39 is 12.6 Å². The van der Waals surface area contributed by atoms with E-state index in [1.807, 2.05) is 0 Å². The van der Waals surface area contributed by atoms with Gasteiger partial charge in [0.2, 0.25) is 0 Å². The van der Waals surface area contributed by atoms with Crippen LogP contribution in [0.5, 0.6) is 0 Å². The van der Waals surface area contributed by atoms with Crippen molar-refractivity contribution < 1.29 is 13.2 Å². The fourth-order valence-corrected chi connectivity index (χ4v) is 1.50. The molecule has 0 spiro atoms. The summed E-state index contributed by atoms with van der Waals surface area (Å²) in [6.07, 6.45) is -3.06. The first kappa shape index (κ1) is 8.84. The van der Waals surface area contributed by atoms with Crippen LogP contribution in [-0.4, -0.2) is 30.7 Å². The van der Waals surface area contributed by atoms with E-state index in [1.165, 1.54) is 0 Å². The van der Waals surface area contributed by atoms with Crippen LogP contribution in [0.25, 0.3) is 0 Å². The maximum atomic E-state index is 11.9. The van der Waals surface area contributed by atoms with Gasteiger partial charge in [-0.05, 0) is 26.4 Å². The van der Waals surface area contributed by atoms with Crippen molar-refractivity contribution in [3.8, 4) is 0 Å². The third-order valence-electron chi connectivity index (χ3n) is 2.14. The second-order valence-electron chi connectivity index (χ2n) is 3.10. The summed E-state index contributed by atoms with van der Waals surface area (Å²) in [4.78, 5) is 1.79. The number of rotatable bonds is 1. The minimum atomic E-state index is -4.00. The maximum absolute atomic E-state index is 11.9. The van der Waals surface area contributed by atoms with Gasteiger partial charge < -0.3 is 4.90 Å². The van der Waals surface area contributed by atoms with Gasteiger partial charge in [-0.1, -0.05) is 0 Å². The predicted molar refractivity (Wildman–Crippen MR) is 36.3 cm³/mol. The summed E-state index contributed by atoms with van der Waals surface area (Å²) in [7, 11) is 1.75. The number of alkyl halides is 3. The molecule has 1 heterocycles. The Balaban J connectivity index is 2.37. The topological polar surface area (TPSA) is 3.24 Å². The Morgan fingerprint density at radius 1 is 1.45 bits per heavy atom. The molecular formula is C7H12F3N. The van der Waals surface area contributed by atoms with Gasteiger partial charge in [0.1, 0.15) is 0 Å². The highest BCUT2D eigenvalue weighted by Crippen LogP contribution is 2.28. The molecule has 1 aliphatic rings. The molecule has 1 unspecified atom stereocenters. The highest BCUT2D eigenvalue weighted by Gasteiger charge is 2.35. The molecule has 1 nitrogen and oxygen atoms in total. The fraction of sp³-hybridized carbons (Fsp3) is 1.00. The third kappa shape index (κ3) is 2.69. The van der Waals surface area contributed by atoms with Crippen molar-refractivity contribution in [2.24, 2.45) is 0 Å². The molecule has 4 heteroatoms. The molecule has 0 aromatic heterocycles. The van der Waals surface area contributed by atoms with E-state index in [1.54, 1.807) is 11.9 Å². The Hall–Kier alpha value is -0.250. The van der Waals surface area contributed by atoms with E-state index in [-0.39, 0.29) is 6.04 Å². The predicted octanol–water partition coefficient (Wildman–Crippen LogP) is 2.03. The first-order chi connectivity index (χ1) is 4.99. The van der Waals surface area contributed by atoms with Crippen LogP contribution in [0.1, 0.15) is 19.3 Å². The highest BCUT2D eigenvalue weighted by atomic mass is 19.4. The van der Waals surface area contributed by atoms with E-state index in [0.717, 1.165) is 13.0 Å². The lowest BCUT2D eigenvalue weighted by Gasteiger charge is -2.20. The summed E-state index contributed by atoms with van der Waals surface area (Å²) in [5, 5.41) is 0. The van der Waals surface area contributed by atoms with Crippen LogP contribution in [0.15, 0.2) is 0 Å². The van der Waals surface area contributed by atoms with Gasteiger partial charge in [-0.2, -0.15) is 13.2 Å². The molecule has 0 amide bonds. The summed E-state index contributed by atoms with van der Waals surface area (Å²) in [6.45, 7) is 0.806. The lowest BCUT2D eigenvalue weighted by Crippen LogP contribution is -2.30. The Kier molecular flexibility index (Phi) is 2.42. The van der Waals surface area contributed by atoms with Crippen LogP contribution >= 0.6 is 0 Å². The van der Waals surface area contributed by atoms with Crippen LogP contribution in [0.4, 0.5) is 13.2 Å². The van der Waals surface area contributed by atoms with Crippen molar-refractivity contribution in [1.29, 1.82) is 0 Å². The monoisotopic (exact) mass is 167 g/mol. The van der Waals surface area contributed by atoms with E-state index in [0.29, 0.717) is 6.42 Å². The molecule has 11 heavy (non-hydrogen) atoms. The normalized spacial score (nSPS) is 27.8. The zero-order chi connectivity index (χ0) is 8.48. The van der Waals surface area contributed by atoms with Gasteiger partial charge in [-0.25, -0.2) is 0 Å². The average Bonchev–Trinajstić information content (AvgIpc) is 2.12. The Morgan fingerprint density at radius 2 is 2.09 bits per heavy atom. The number of hydrogen-bond acceptors (Lipinski definition) is 1. The molecule has 0 aromatic carbocycles. The van der Waals surface area contributed by atoms with Crippen molar-refractivity contribution in [3.05, 3.63) is 0 Å². The SMILES string of the molecule is CN1CCCC1CC(F)(F)F. The smallest absolute Gasteiger partial charge is 0.303 e. The first-order valence-electron chi connectivity index (χ1n) is 3.76. The molecule has 1 saturated heterocycles. The maximum Gasteiger partial charge on any atom is 0.390 e. The van der Waals surface area contributed by atoms with Gasteiger partial charge in [0.05, 0.1) is 6.42 Å². The molecule has 1 fully saturated rings. The van der Waals surface area contributed by atoms with Crippen LogP contribution in [0, 0.1) is 0 Å². The first-order valence-corrected chi connectivity index (χ1v) is 3.76. The van der Waals surface area contributed by atoms with Crippen molar-refractivity contribution in [1.82, 2.24) is 4.90 Å². The van der Waals surface area contributed by atoms with E-state index >= 15 is 0 Å². The van der Waals surface area contributed by atoms with E-state index in [2.05, 4.69) is 0 Å². The molecule has 0 saturated carbocycles. The van der Waals surface area contributed by atoms with E-state index in [9.17, 15) is 13.2 Å². The molecular weight excluding hydrogens is 155 g/mol. The summed E-state index contributed by atoms with van der Waals surface area (Å²) in [5.74, 6) is 0. The van der Waals surface area contributed by atoms with Crippen molar-refractivity contribution >= 4 is 0 Å². The van der Waals surface area contributed by atoms with Gasteiger partial charge in [0.15, 0.2) is 0 Å². The van der Waals surface area contributed by atoms with Gasteiger partial charge in [-0.3, -0.25) is 0 Å². The Labute approximate surface area is 64.2 Å². The van der Waals surface area contributed by atoms with Gasteiger partial charge >= 0.3 is 6.18 Å². The van der Waals surface area contributed by atoms with Gasteiger partial charge in [0, 0.05) is 6.04 Å². The third-order valence-corrected chi connectivity index (χ3v) is 2.14. The molecule has 0 radical (unpaired) electrons. The van der Waals surface area contributed by atoms with Crippen LogP contribution in [-0.2, 0) is 0 Å². The summed E-state index contributed by atoms with van der Waals surface area (Å²) in [6, 6.07) is -0.269. The van der Waals surface area contributed by atoms with Gasteiger partial charge in [-0.15, -0.1) is 0 Å². The molecule has 1 rings (SSSR count). The fourth-order valence-electron chi connectivity index (χ4n) is 1.50. The lowest BCUT2D eigenvalue weighted by molar-refractivity contribution is -0.144. The van der Waals surface area contributed by atoms with Gasteiger partial charge in [0.25, 0.3) is 0 Å². The summed E-state index contributed by atoms with van der Waals surface area (Å²) < 4.78 is 35.6. The molecule has 1 aliphatic heterocycles. The van der Waals surface area contributed by atoms with Crippen LogP contribution in [0.2, 0.25) is 0 Å². The zero-order valence-electron chi connectivity index (χ0n) is 6.49. The summed E-state index contributed by atoms with van der Waals surface area (Å²) >= 11 is 0. The molecule has 0 aliphatic carbocycles. The largest absolute Gasteiger partial charge is 0.390 e. The summed E-state index contributed by atoms with van der Waals surface area (Å²) in [5.41, 5.74) is 0. The molecule has 0 N–H and O–H groups in total. The van der Waals surface area contributed by atoms with Crippen molar-refractivity contribution in [2.75, 3.05) is 13.6 Å². The van der Waals surface area contributed by atoms with E-state index in [4.69, 9.17) is 0 Å². The number of nitrogens with zero attached hydrogens (tertiary/aromatic N) is 1. The number of likely N-dealkylation sites (tertiary alicyclic amines) is 1. The van der Waals surface area contributed by atoms with Crippen LogP contribution < -0.4 is 0 Å². The molecule has 66 valence electrons. The van der Waals surface area contributed by atoms with Crippen molar-refractivity contribution in [3.63, 3.8) is 0 Å². The average molecular weight is 167 g/mol. The molecule has 0 aromatic rings. The van der Waals surface area contributed by atoms with Crippen molar-refractivity contribution in [2.45, 2.75) is 31.5 Å². The highest BCUT2D eigenvalue weighted by molar-refractivity contribution is 4.78. The lowest BCUT2D eigenvalue weighted by atomic mass is 10.1.